The molecule has 7 nitrogen and oxygen atoms in total. The summed E-state index contributed by atoms with van der Waals surface area (Å²) in [5, 5.41) is 10.9. The van der Waals surface area contributed by atoms with Gasteiger partial charge in [-0.15, -0.1) is 0 Å². The molecule has 1 amide bonds. The van der Waals surface area contributed by atoms with E-state index in [2.05, 4.69) is 34.6 Å². The van der Waals surface area contributed by atoms with E-state index in [1.54, 1.807) is 20.4 Å². The number of amides is 1. The molecular weight excluding hydrogens is 472 g/mol. The van der Waals surface area contributed by atoms with Crippen molar-refractivity contribution in [2.75, 3.05) is 26.5 Å². The van der Waals surface area contributed by atoms with Crippen LogP contribution in [-0.2, 0) is 11.2 Å². The van der Waals surface area contributed by atoms with E-state index in [9.17, 15) is 4.79 Å². The van der Waals surface area contributed by atoms with Gasteiger partial charge in [-0.25, -0.2) is 9.50 Å². The molecule has 0 saturated heterocycles. The number of ether oxygens (including phenoxy) is 2. The Hall–Kier alpha value is -4.04. The van der Waals surface area contributed by atoms with Crippen molar-refractivity contribution in [1.29, 1.82) is 0 Å². The highest BCUT2D eigenvalue weighted by Crippen LogP contribution is 2.31. The number of thioether (sulfide) groups is 1. The van der Waals surface area contributed by atoms with E-state index >= 15 is 0 Å². The maximum absolute atomic E-state index is 12.5. The van der Waals surface area contributed by atoms with Crippen LogP contribution < -0.4 is 14.8 Å². The van der Waals surface area contributed by atoms with Gasteiger partial charge in [0.05, 0.1) is 31.2 Å². The highest BCUT2D eigenvalue weighted by Gasteiger charge is 2.13. The number of hydrogen-bond acceptors (Lipinski definition) is 6. The normalized spacial score (nSPS) is 11.1. The van der Waals surface area contributed by atoms with Crippen molar-refractivity contribution in [3.05, 3.63) is 84.7 Å². The van der Waals surface area contributed by atoms with Gasteiger partial charge in [-0.3, -0.25) is 4.79 Å². The number of carbonyl (C=O) groups excluding carboxylic acids is 1. The molecule has 0 fully saturated rings. The van der Waals surface area contributed by atoms with Gasteiger partial charge in [-0.1, -0.05) is 60.3 Å². The lowest BCUT2D eigenvalue weighted by atomic mass is 10.0. The van der Waals surface area contributed by atoms with Crippen molar-refractivity contribution in [1.82, 2.24) is 19.9 Å². The summed E-state index contributed by atoms with van der Waals surface area (Å²) < 4.78 is 12.4. The van der Waals surface area contributed by atoms with Crippen LogP contribution >= 0.6 is 11.8 Å². The molecule has 0 aliphatic rings. The number of nitrogens with one attached hydrogen (secondary N) is 1. The van der Waals surface area contributed by atoms with Gasteiger partial charge >= 0.3 is 0 Å². The number of rotatable bonds is 9. The first-order chi connectivity index (χ1) is 17.7. The van der Waals surface area contributed by atoms with E-state index < -0.39 is 0 Å². The van der Waals surface area contributed by atoms with E-state index in [4.69, 9.17) is 14.6 Å². The SMILES string of the molecule is COc1ccc(CCNC(=O)CSc2nccn3nc(-c4cccc5ccccc45)cc23)cc1OC. The third-order valence-electron chi connectivity index (χ3n) is 5.94. The van der Waals surface area contributed by atoms with Crippen LogP contribution in [0.25, 0.3) is 27.5 Å². The summed E-state index contributed by atoms with van der Waals surface area (Å²) in [5.74, 6) is 1.59. The second kappa shape index (κ2) is 10.7. The standard InChI is InChI=1S/C28H26N4O3S/c1-34-25-11-10-19(16-26(25)35-2)12-13-29-27(33)18-36-28-24-17-23(31-32(24)15-14-30-28)22-9-5-7-20-6-3-4-8-21(20)22/h3-11,14-17H,12-13,18H2,1-2H3,(H,29,33). The zero-order valence-corrected chi connectivity index (χ0v) is 20.9. The maximum Gasteiger partial charge on any atom is 0.230 e. The molecule has 0 bridgehead atoms. The number of benzene rings is 3. The first-order valence-corrected chi connectivity index (χ1v) is 12.6. The summed E-state index contributed by atoms with van der Waals surface area (Å²) in [7, 11) is 3.22. The molecule has 0 aliphatic carbocycles. The Kier molecular flexibility index (Phi) is 7.04. The van der Waals surface area contributed by atoms with E-state index in [0.717, 1.165) is 32.7 Å². The van der Waals surface area contributed by atoms with Crippen LogP contribution in [0.1, 0.15) is 5.56 Å². The van der Waals surface area contributed by atoms with Crippen LogP contribution in [0.15, 0.2) is 84.1 Å². The molecule has 36 heavy (non-hydrogen) atoms. The summed E-state index contributed by atoms with van der Waals surface area (Å²) in [6, 6.07) is 22.3. The lowest BCUT2D eigenvalue weighted by Gasteiger charge is -2.10. The molecule has 0 atom stereocenters. The van der Waals surface area contributed by atoms with Crippen molar-refractivity contribution >= 4 is 34.0 Å². The zero-order chi connectivity index (χ0) is 24.9. The van der Waals surface area contributed by atoms with E-state index in [0.29, 0.717) is 24.5 Å². The summed E-state index contributed by atoms with van der Waals surface area (Å²) in [4.78, 5) is 17.0. The Morgan fingerprint density at radius 2 is 1.83 bits per heavy atom. The first kappa shape index (κ1) is 23.7. The van der Waals surface area contributed by atoms with E-state index in [-0.39, 0.29) is 11.7 Å². The minimum Gasteiger partial charge on any atom is -0.493 e. The summed E-state index contributed by atoms with van der Waals surface area (Å²) in [5.41, 5.74) is 3.89. The van der Waals surface area contributed by atoms with E-state index in [1.165, 1.54) is 17.1 Å². The van der Waals surface area contributed by atoms with Gasteiger partial charge in [-0.2, -0.15) is 5.10 Å². The molecule has 5 rings (SSSR count). The molecule has 0 radical (unpaired) electrons. The second-order valence-electron chi connectivity index (χ2n) is 8.20. The molecule has 0 spiro atoms. The molecule has 0 aliphatic heterocycles. The Morgan fingerprint density at radius 3 is 2.69 bits per heavy atom. The summed E-state index contributed by atoms with van der Waals surface area (Å²) in [6.07, 6.45) is 4.24. The fourth-order valence-corrected chi connectivity index (χ4v) is 4.96. The Labute approximate surface area is 213 Å². The van der Waals surface area contributed by atoms with E-state index in [1.807, 2.05) is 53.2 Å². The fraction of sp³-hybridized carbons (Fsp3) is 0.179. The average molecular weight is 499 g/mol. The molecule has 0 saturated carbocycles. The third-order valence-corrected chi connectivity index (χ3v) is 6.94. The average Bonchev–Trinajstić information content (AvgIpc) is 3.36. The maximum atomic E-state index is 12.5. The monoisotopic (exact) mass is 498 g/mol. The lowest BCUT2D eigenvalue weighted by Crippen LogP contribution is -2.27. The lowest BCUT2D eigenvalue weighted by molar-refractivity contribution is -0.118. The van der Waals surface area contributed by atoms with Gasteiger partial charge in [0.2, 0.25) is 5.91 Å². The van der Waals surface area contributed by atoms with Crippen LogP contribution in [0.3, 0.4) is 0 Å². The number of nitrogens with zero attached hydrogens (tertiary/aromatic N) is 3. The third kappa shape index (κ3) is 4.99. The van der Waals surface area contributed by atoms with Crippen LogP contribution in [0.2, 0.25) is 0 Å². The largest absolute Gasteiger partial charge is 0.493 e. The minimum atomic E-state index is -0.0435. The molecule has 2 heterocycles. The zero-order valence-electron chi connectivity index (χ0n) is 20.1. The number of hydrogen-bond donors (Lipinski definition) is 1. The smallest absolute Gasteiger partial charge is 0.230 e. The van der Waals surface area contributed by atoms with Gasteiger partial charge in [0, 0.05) is 24.5 Å². The number of carbonyl (C=O) groups is 1. The van der Waals surface area contributed by atoms with Crippen LogP contribution in [-0.4, -0.2) is 47.0 Å². The molecule has 1 N–H and O–H groups in total. The van der Waals surface area contributed by atoms with Gasteiger partial charge < -0.3 is 14.8 Å². The van der Waals surface area contributed by atoms with Crippen molar-refractivity contribution < 1.29 is 14.3 Å². The van der Waals surface area contributed by atoms with Gasteiger partial charge in [0.15, 0.2) is 11.5 Å². The number of methoxy groups -OCH3 is 2. The molecule has 8 heteroatoms. The predicted octanol–water partition coefficient (Wildman–Crippen LogP) is 5.02. The molecule has 3 aromatic carbocycles. The molecule has 5 aromatic rings. The predicted molar refractivity (Wildman–Crippen MR) is 143 cm³/mol. The topological polar surface area (TPSA) is 77.8 Å². The van der Waals surface area contributed by atoms with Gasteiger partial charge in [0.1, 0.15) is 5.03 Å². The van der Waals surface area contributed by atoms with Crippen molar-refractivity contribution in [2.45, 2.75) is 11.4 Å². The number of fused-ring (bicyclic) bond motifs is 2. The Morgan fingerprint density at radius 1 is 1.00 bits per heavy atom. The highest BCUT2D eigenvalue weighted by molar-refractivity contribution is 8.00. The highest BCUT2D eigenvalue weighted by atomic mass is 32.2. The molecular formula is C28H26N4O3S. The summed E-state index contributed by atoms with van der Waals surface area (Å²) in [6.45, 7) is 0.532. The quantitative estimate of drug-likeness (QED) is 0.288. The number of aromatic nitrogens is 3. The van der Waals surface area contributed by atoms with Gasteiger partial charge in [-0.05, 0) is 41.0 Å². The van der Waals surface area contributed by atoms with Crippen molar-refractivity contribution in [3.8, 4) is 22.8 Å². The minimum absolute atomic E-state index is 0.0435. The van der Waals surface area contributed by atoms with Gasteiger partial charge in [0.25, 0.3) is 0 Å². The van der Waals surface area contributed by atoms with Crippen molar-refractivity contribution in [2.24, 2.45) is 0 Å². The molecule has 182 valence electrons. The summed E-state index contributed by atoms with van der Waals surface area (Å²) >= 11 is 1.41. The fourth-order valence-electron chi connectivity index (χ4n) is 4.16. The molecule has 0 unspecified atom stereocenters. The Bertz CT molecular complexity index is 1530. The van der Waals surface area contributed by atoms with Crippen molar-refractivity contribution in [3.63, 3.8) is 0 Å². The van der Waals surface area contributed by atoms with Crippen LogP contribution in [0.4, 0.5) is 0 Å². The van der Waals surface area contributed by atoms with Crippen LogP contribution in [0, 0.1) is 0 Å². The molecule has 2 aromatic heterocycles. The first-order valence-electron chi connectivity index (χ1n) is 11.6. The Balaban J connectivity index is 1.24. The second-order valence-corrected chi connectivity index (χ2v) is 9.16. The van der Waals surface area contributed by atoms with Crippen LogP contribution in [0.5, 0.6) is 11.5 Å².